The summed E-state index contributed by atoms with van der Waals surface area (Å²) in [6.07, 6.45) is 1.86. The molecule has 0 bridgehead atoms. The molecule has 0 amide bonds. The van der Waals surface area contributed by atoms with E-state index < -0.39 is 0 Å². The van der Waals surface area contributed by atoms with Crippen molar-refractivity contribution in [3.63, 3.8) is 0 Å². The quantitative estimate of drug-likeness (QED) is 0.750. The first-order chi connectivity index (χ1) is 7.34. The van der Waals surface area contributed by atoms with E-state index in [1.807, 2.05) is 26.0 Å². The Hall–Kier alpha value is 0.204. The van der Waals surface area contributed by atoms with E-state index in [1.165, 1.54) is 11.1 Å². The molecule has 4 N–H and O–H groups in total. The summed E-state index contributed by atoms with van der Waals surface area (Å²) in [5.41, 5.74) is 2.67. The van der Waals surface area contributed by atoms with Gasteiger partial charge in [0, 0.05) is 39.3 Å². The molecule has 1 aromatic rings. The number of aliphatic hydroxyl groups is 1. The van der Waals surface area contributed by atoms with Gasteiger partial charge < -0.3 is 10.3 Å². The van der Waals surface area contributed by atoms with Crippen LogP contribution in [0.25, 0.3) is 0 Å². The van der Waals surface area contributed by atoms with Crippen molar-refractivity contribution >= 4 is 0 Å². The van der Waals surface area contributed by atoms with Crippen LogP contribution < -0.4 is 5.90 Å². The van der Waals surface area contributed by atoms with Crippen LogP contribution in [0.15, 0.2) is 24.3 Å². The third-order valence-corrected chi connectivity index (χ3v) is 1.87. The number of nitrogens with two attached hydrogens (primary N) is 1. The van der Waals surface area contributed by atoms with Gasteiger partial charge in [-0.2, -0.15) is 0 Å². The molecule has 0 saturated carbocycles. The van der Waals surface area contributed by atoms with Crippen LogP contribution in [-0.4, -0.2) is 16.9 Å². The van der Waals surface area contributed by atoms with E-state index in [0.717, 1.165) is 12.8 Å². The number of hydrogen-bond acceptors (Lipinski definition) is 3. The van der Waals surface area contributed by atoms with Crippen LogP contribution >= 0.6 is 0 Å². The number of aliphatic hydroxyl groups excluding tert-OH is 1. The third kappa shape index (κ3) is 10.7. The fraction of sp³-hybridized carbons (Fsp3) is 0.500. The van der Waals surface area contributed by atoms with Crippen LogP contribution in [0.3, 0.4) is 0 Å². The Labute approximate surface area is 124 Å². The first kappa shape index (κ1) is 21.5. The molecule has 0 aliphatic carbocycles. The second kappa shape index (κ2) is 17.6. The zero-order valence-electron chi connectivity index (χ0n) is 10.5. The van der Waals surface area contributed by atoms with Crippen LogP contribution in [-0.2, 0) is 39.1 Å². The van der Waals surface area contributed by atoms with Gasteiger partial charge in [-0.25, -0.2) is 5.90 Å². The van der Waals surface area contributed by atoms with Crippen molar-refractivity contribution in [2.24, 2.45) is 5.90 Å². The number of aryl methyl sites for hydroxylation is 2. The van der Waals surface area contributed by atoms with E-state index in [0.29, 0.717) is 0 Å². The molecule has 0 fully saturated rings. The second-order valence-electron chi connectivity index (χ2n) is 2.75. The maximum atomic E-state index is 8.62. The van der Waals surface area contributed by atoms with Gasteiger partial charge in [0.05, 0.1) is 0 Å². The molecule has 91 valence electrons. The molecule has 0 heterocycles. The van der Waals surface area contributed by atoms with Crippen LogP contribution in [0.5, 0.6) is 0 Å². The van der Waals surface area contributed by atoms with Gasteiger partial charge in [-0.15, -0.1) is 0 Å². The molecule has 0 spiro atoms. The Morgan fingerprint density at radius 3 is 2.06 bits per heavy atom. The van der Waals surface area contributed by atoms with Crippen LogP contribution in [0.1, 0.15) is 31.4 Å². The predicted molar refractivity (Wildman–Crippen MR) is 63.9 cm³/mol. The zero-order valence-corrected chi connectivity index (χ0v) is 13.3. The van der Waals surface area contributed by atoms with Gasteiger partial charge in [-0.3, -0.25) is 0 Å². The normalized spacial score (nSPS) is 7.62. The average Bonchev–Trinajstić information content (AvgIpc) is 2.33. The van der Waals surface area contributed by atoms with Gasteiger partial charge >= 0.3 is 0 Å². The summed E-state index contributed by atoms with van der Waals surface area (Å²) >= 11 is 0. The molecule has 16 heavy (non-hydrogen) atoms. The van der Waals surface area contributed by atoms with Gasteiger partial charge in [-0.05, 0) is 30.9 Å². The van der Waals surface area contributed by atoms with Crippen molar-refractivity contribution in [1.29, 1.82) is 0 Å². The molecule has 1 radical (unpaired) electrons. The molecule has 1 aromatic carbocycles. The molecule has 0 saturated heterocycles. The maximum Gasteiger partial charge on any atom is 0.0434 e. The number of rotatable bonds is 3. The van der Waals surface area contributed by atoms with Crippen molar-refractivity contribution in [3.8, 4) is 0 Å². The fourth-order valence-corrected chi connectivity index (χ4v) is 1.16. The molecule has 3 nitrogen and oxygen atoms in total. The van der Waals surface area contributed by atoms with E-state index in [9.17, 15) is 0 Å². The Kier molecular flexibility index (Phi) is 23.6. The Balaban J connectivity index is -0.000000305. The molecular weight excluding hydrogens is 279 g/mol. The molecule has 4 heteroatoms. The SMILES string of the molecule is CC.Cc1ccccc1CCCO.NO.[Y]. The second-order valence-corrected chi connectivity index (χ2v) is 2.75. The molecule has 0 unspecified atom stereocenters. The zero-order chi connectivity index (χ0) is 12.1. The molecule has 0 aliphatic rings. The Morgan fingerprint density at radius 1 is 1.12 bits per heavy atom. The monoisotopic (exact) mass is 302 g/mol. The summed E-state index contributed by atoms with van der Waals surface area (Å²) in [5.74, 6) is 3.50. The van der Waals surface area contributed by atoms with Crippen molar-refractivity contribution in [3.05, 3.63) is 35.4 Å². The fourth-order valence-electron chi connectivity index (χ4n) is 1.16. The van der Waals surface area contributed by atoms with Crippen molar-refractivity contribution in [1.82, 2.24) is 0 Å². The largest absolute Gasteiger partial charge is 0.396 e. The number of benzene rings is 1. The first-order valence-corrected chi connectivity index (χ1v) is 5.26. The average molecular weight is 302 g/mol. The Bertz CT molecular complexity index is 232. The summed E-state index contributed by atoms with van der Waals surface area (Å²) in [6.45, 7) is 6.39. The smallest absolute Gasteiger partial charge is 0.0434 e. The summed E-state index contributed by atoms with van der Waals surface area (Å²) in [7, 11) is 0. The predicted octanol–water partition coefficient (Wildman–Crippen LogP) is 2.28. The topological polar surface area (TPSA) is 66.5 Å². The molecule has 0 atom stereocenters. The maximum absolute atomic E-state index is 8.62. The van der Waals surface area contributed by atoms with E-state index in [4.69, 9.17) is 10.3 Å². The van der Waals surface area contributed by atoms with E-state index in [-0.39, 0.29) is 39.3 Å². The minimum absolute atomic E-state index is 0. The summed E-state index contributed by atoms with van der Waals surface area (Å²) in [6, 6.07) is 8.30. The molecule has 1 rings (SSSR count). The van der Waals surface area contributed by atoms with Crippen molar-refractivity contribution in [2.75, 3.05) is 6.61 Å². The molecule has 0 aromatic heterocycles. The standard InChI is InChI=1S/C10H14O.C2H6.H3NO.Y/c1-9-5-2-3-6-10(9)7-4-8-11;2*1-2;/h2-3,5-6,11H,4,7-8H2,1H3;1-2H3;2H,1H2;. The Morgan fingerprint density at radius 2 is 1.62 bits per heavy atom. The van der Waals surface area contributed by atoms with Crippen LogP contribution in [0.2, 0.25) is 0 Å². The van der Waals surface area contributed by atoms with Crippen LogP contribution in [0.4, 0.5) is 0 Å². The van der Waals surface area contributed by atoms with E-state index >= 15 is 0 Å². The van der Waals surface area contributed by atoms with Crippen molar-refractivity contribution in [2.45, 2.75) is 33.6 Å². The minimum Gasteiger partial charge on any atom is -0.396 e. The first-order valence-electron chi connectivity index (χ1n) is 5.26. The van der Waals surface area contributed by atoms with Gasteiger partial charge in [0.2, 0.25) is 0 Å². The van der Waals surface area contributed by atoms with Crippen molar-refractivity contribution < 1.29 is 43.0 Å². The minimum atomic E-state index is 0. The van der Waals surface area contributed by atoms with E-state index in [2.05, 4.69) is 25.0 Å². The summed E-state index contributed by atoms with van der Waals surface area (Å²) < 4.78 is 0. The van der Waals surface area contributed by atoms with Gasteiger partial charge in [0.15, 0.2) is 0 Å². The summed E-state index contributed by atoms with van der Waals surface area (Å²) in [5, 5.41) is 15.1. The van der Waals surface area contributed by atoms with Gasteiger partial charge in [-0.1, -0.05) is 38.1 Å². The summed E-state index contributed by atoms with van der Waals surface area (Å²) in [4.78, 5) is 0. The van der Waals surface area contributed by atoms with Gasteiger partial charge in [0.25, 0.3) is 0 Å². The number of hydrogen-bond donors (Lipinski definition) is 3. The molecular formula is C12H23NO2Y. The van der Waals surface area contributed by atoms with E-state index in [1.54, 1.807) is 0 Å². The third-order valence-electron chi connectivity index (χ3n) is 1.87. The van der Waals surface area contributed by atoms with Crippen LogP contribution in [0, 0.1) is 6.92 Å². The van der Waals surface area contributed by atoms with Gasteiger partial charge in [0.1, 0.15) is 0 Å². The molecule has 0 aliphatic heterocycles.